The molecule has 2 atom stereocenters. The van der Waals surface area contributed by atoms with Crippen molar-refractivity contribution >= 4 is 34.4 Å². The number of anilines is 1. The first-order chi connectivity index (χ1) is 15.2. The molecular weight excluding hydrogens is 439 g/mol. The number of rotatable bonds is 3. The molecule has 0 unspecified atom stereocenters. The molecule has 2 aliphatic rings. The number of pyridine rings is 2. The Hall–Kier alpha value is -2.90. The summed E-state index contributed by atoms with van der Waals surface area (Å²) in [5, 5.41) is 19.2. The molecule has 0 radical (unpaired) electrons. The molecule has 2 aromatic rings. The maximum atomic E-state index is 14.5. The lowest BCUT2D eigenvalue weighted by atomic mass is 10.1. The van der Waals surface area contributed by atoms with Crippen LogP contribution in [0.3, 0.4) is 0 Å². The monoisotopic (exact) mass is 462 g/mol. The van der Waals surface area contributed by atoms with Crippen molar-refractivity contribution in [1.29, 1.82) is 5.26 Å². The summed E-state index contributed by atoms with van der Waals surface area (Å²) in [5.41, 5.74) is -0.0941. The Labute approximate surface area is 189 Å². The van der Waals surface area contributed by atoms with Crippen LogP contribution in [0.1, 0.15) is 25.3 Å². The Morgan fingerprint density at radius 3 is 2.75 bits per heavy atom. The lowest BCUT2D eigenvalue weighted by Gasteiger charge is -2.40. The van der Waals surface area contributed by atoms with E-state index in [1.165, 1.54) is 15.5 Å². The second-order valence-electron chi connectivity index (χ2n) is 8.43. The highest BCUT2D eigenvalue weighted by molar-refractivity contribution is 6.30. The third kappa shape index (κ3) is 3.76. The van der Waals surface area contributed by atoms with E-state index in [9.17, 15) is 24.3 Å². The van der Waals surface area contributed by atoms with Crippen LogP contribution in [0.5, 0.6) is 0 Å². The molecule has 2 aliphatic heterocycles. The van der Waals surface area contributed by atoms with Crippen LogP contribution in [0.2, 0.25) is 5.15 Å². The van der Waals surface area contributed by atoms with Gasteiger partial charge in [0.15, 0.2) is 11.0 Å². The van der Waals surface area contributed by atoms with Gasteiger partial charge in [-0.2, -0.15) is 5.26 Å². The topological polar surface area (TPSA) is 106 Å². The Bertz CT molecular complexity index is 1180. The number of piperazine rings is 1. The molecule has 32 heavy (non-hydrogen) atoms. The summed E-state index contributed by atoms with van der Waals surface area (Å²) in [6.07, 6.45) is 0.875. The van der Waals surface area contributed by atoms with Crippen molar-refractivity contribution < 1.29 is 14.3 Å². The summed E-state index contributed by atoms with van der Waals surface area (Å²) >= 11 is 5.99. The standard InChI is InChI=1S/C21H24ClFN6O3/c1-12-10-27(21(31)32)6-7-28(12)17-14-8-16(23)18(22)25-19(14)29(20(30)15(17)9-24)11-13-4-3-5-26(13)2/h8,12-13H,3-7,10-11H2,1-2H3,(H,31,32)/t12-,13-/m0/s1. The van der Waals surface area contributed by atoms with Crippen LogP contribution in [-0.2, 0) is 6.54 Å². The number of carbonyl (C=O) groups is 1. The molecule has 4 rings (SSSR count). The fraction of sp³-hybridized carbons (Fsp3) is 0.524. The summed E-state index contributed by atoms with van der Waals surface area (Å²) in [6, 6.07) is 3.00. The average Bonchev–Trinajstić information content (AvgIpc) is 3.15. The first kappa shape index (κ1) is 22.3. The molecule has 2 saturated heterocycles. The number of nitriles is 1. The number of halogens is 2. The minimum atomic E-state index is -1.03. The van der Waals surface area contributed by atoms with Crippen LogP contribution < -0.4 is 10.5 Å². The highest BCUT2D eigenvalue weighted by Crippen LogP contribution is 2.33. The zero-order valence-corrected chi connectivity index (χ0v) is 18.6. The van der Waals surface area contributed by atoms with Gasteiger partial charge in [0.25, 0.3) is 5.56 Å². The lowest BCUT2D eigenvalue weighted by Crippen LogP contribution is -2.54. The maximum Gasteiger partial charge on any atom is 0.407 e. The van der Waals surface area contributed by atoms with Gasteiger partial charge in [-0.3, -0.25) is 9.36 Å². The first-order valence-corrected chi connectivity index (χ1v) is 10.9. The van der Waals surface area contributed by atoms with Crippen molar-refractivity contribution in [1.82, 2.24) is 19.4 Å². The van der Waals surface area contributed by atoms with E-state index in [1.807, 2.05) is 13.1 Å². The third-order valence-electron chi connectivity index (χ3n) is 6.48. The summed E-state index contributed by atoms with van der Waals surface area (Å²) < 4.78 is 15.9. The Kier molecular flexibility index (Phi) is 5.97. The Balaban J connectivity index is 1.91. The molecule has 2 fully saturated rings. The van der Waals surface area contributed by atoms with Crippen LogP contribution in [0.25, 0.3) is 11.0 Å². The van der Waals surface area contributed by atoms with Gasteiger partial charge in [-0.25, -0.2) is 14.2 Å². The van der Waals surface area contributed by atoms with Crippen LogP contribution in [0.15, 0.2) is 10.9 Å². The smallest absolute Gasteiger partial charge is 0.407 e. The van der Waals surface area contributed by atoms with Crippen molar-refractivity contribution in [2.24, 2.45) is 0 Å². The van der Waals surface area contributed by atoms with Crippen LogP contribution >= 0.6 is 11.6 Å². The zero-order valence-electron chi connectivity index (χ0n) is 17.9. The highest BCUT2D eigenvalue weighted by Gasteiger charge is 2.32. The predicted octanol–water partition coefficient (Wildman–Crippen LogP) is 2.34. The molecule has 1 N–H and O–H groups in total. The number of carboxylic acid groups (broad SMARTS) is 1. The molecule has 0 aliphatic carbocycles. The van der Waals surface area contributed by atoms with Gasteiger partial charge in [-0.05, 0) is 39.4 Å². The van der Waals surface area contributed by atoms with E-state index in [4.69, 9.17) is 11.6 Å². The number of amides is 1. The fourth-order valence-corrected chi connectivity index (χ4v) is 4.89. The Morgan fingerprint density at radius 2 is 2.16 bits per heavy atom. The van der Waals surface area contributed by atoms with Gasteiger partial charge in [0.05, 0.1) is 5.69 Å². The summed E-state index contributed by atoms with van der Waals surface area (Å²) in [6.45, 7) is 3.69. The maximum absolute atomic E-state index is 14.5. The SMILES string of the molecule is C[C@H]1CN(C(=O)O)CCN1c1c(C#N)c(=O)n(C[C@@H]2CCCN2C)c2nc(Cl)c(F)cc12. The number of hydrogen-bond donors (Lipinski definition) is 1. The predicted molar refractivity (Wildman–Crippen MR) is 118 cm³/mol. The molecule has 170 valence electrons. The van der Waals surface area contributed by atoms with Gasteiger partial charge >= 0.3 is 6.09 Å². The van der Waals surface area contributed by atoms with Gasteiger partial charge in [0.2, 0.25) is 0 Å². The van der Waals surface area contributed by atoms with Gasteiger partial charge in [-0.1, -0.05) is 11.6 Å². The molecule has 0 saturated carbocycles. The van der Waals surface area contributed by atoms with Gasteiger partial charge in [0, 0.05) is 43.6 Å². The zero-order chi connectivity index (χ0) is 23.2. The molecule has 0 aromatic carbocycles. The minimum absolute atomic E-state index is 0.0944. The number of nitrogens with zero attached hydrogens (tertiary/aromatic N) is 6. The van der Waals surface area contributed by atoms with Crippen molar-refractivity contribution in [3.8, 4) is 6.07 Å². The molecule has 0 spiro atoms. The quantitative estimate of drug-likeness (QED) is 0.698. The average molecular weight is 463 g/mol. The Morgan fingerprint density at radius 1 is 1.41 bits per heavy atom. The van der Waals surface area contributed by atoms with E-state index < -0.39 is 17.5 Å². The number of likely N-dealkylation sites (N-methyl/N-ethyl adjacent to an activating group) is 1. The highest BCUT2D eigenvalue weighted by atomic mass is 35.5. The molecule has 11 heteroatoms. The van der Waals surface area contributed by atoms with Crippen LogP contribution in [-0.4, -0.2) is 75.9 Å². The number of fused-ring (bicyclic) bond motifs is 1. The van der Waals surface area contributed by atoms with E-state index in [0.717, 1.165) is 19.4 Å². The number of aromatic nitrogens is 2. The normalized spacial score (nSPS) is 21.8. The van der Waals surface area contributed by atoms with Gasteiger partial charge in [-0.15, -0.1) is 0 Å². The van der Waals surface area contributed by atoms with E-state index in [-0.39, 0.29) is 53.8 Å². The van der Waals surface area contributed by atoms with Crippen molar-refractivity contribution in [3.63, 3.8) is 0 Å². The van der Waals surface area contributed by atoms with Crippen LogP contribution in [0.4, 0.5) is 14.9 Å². The molecule has 1 amide bonds. The number of likely N-dealkylation sites (tertiary alicyclic amines) is 1. The van der Waals surface area contributed by atoms with E-state index in [0.29, 0.717) is 11.9 Å². The van der Waals surface area contributed by atoms with Crippen molar-refractivity contribution in [2.45, 2.75) is 38.4 Å². The first-order valence-electron chi connectivity index (χ1n) is 10.5. The third-order valence-corrected chi connectivity index (χ3v) is 6.75. The van der Waals surface area contributed by atoms with Crippen molar-refractivity contribution in [3.05, 3.63) is 33.0 Å². The second-order valence-corrected chi connectivity index (χ2v) is 8.79. The van der Waals surface area contributed by atoms with E-state index in [1.54, 1.807) is 11.8 Å². The largest absolute Gasteiger partial charge is 0.465 e. The van der Waals surface area contributed by atoms with Crippen molar-refractivity contribution in [2.75, 3.05) is 38.1 Å². The molecule has 2 aromatic heterocycles. The molecule has 4 heterocycles. The van der Waals surface area contributed by atoms with Crippen LogP contribution in [0, 0.1) is 17.1 Å². The minimum Gasteiger partial charge on any atom is -0.465 e. The summed E-state index contributed by atoms with van der Waals surface area (Å²) in [4.78, 5) is 34.3. The molecule has 9 nitrogen and oxygen atoms in total. The lowest BCUT2D eigenvalue weighted by molar-refractivity contribution is 0.136. The fourth-order valence-electron chi connectivity index (χ4n) is 4.76. The number of hydrogen-bond acceptors (Lipinski definition) is 6. The summed E-state index contributed by atoms with van der Waals surface area (Å²) in [5.74, 6) is -0.746. The molecular formula is C21H24ClFN6O3. The second kappa shape index (κ2) is 8.56. The van der Waals surface area contributed by atoms with E-state index >= 15 is 0 Å². The van der Waals surface area contributed by atoms with E-state index in [2.05, 4.69) is 9.88 Å². The van der Waals surface area contributed by atoms with Gasteiger partial charge < -0.3 is 19.8 Å². The summed E-state index contributed by atoms with van der Waals surface area (Å²) in [7, 11) is 1.98. The molecule has 0 bridgehead atoms. The van der Waals surface area contributed by atoms with Gasteiger partial charge in [0.1, 0.15) is 17.3 Å².